The van der Waals surface area contributed by atoms with Crippen LogP contribution in [0.15, 0.2) is 35.8 Å². The molecule has 8 heteroatoms. The quantitative estimate of drug-likeness (QED) is 0.821. The van der Waals surface area contributed by atoms with Crippen LogP contribution in [0.3, 0.4) is 0 Å². The minimum Gasteiger partial charge on any atom is -0.497 e. The third-order valence-electron chi connectivity index (χ3n) is 2.34. The Kier molecular flexibility index (Phi) is 5.47. The first-order valence-corrected chi connectivity index (χ1v) is 7.23. The number of hydrogen-bond acceptors (Lipinski definition) is 6. The maximum Gasteiger partial charge on any atom is 0.264 e. The molecule has 110 valence electrons. The largest absolute Gasteiger partial charge is 0.497 e. The highest BCUT2D eigenvalue weighted by Gasteiger charge is 2.07. The molecule has 1 aromatic carbocycles. The van der Waals surface area contributed by atoms with E-state index in [0.29, 0.717) is 10.9 Å². The zero-order valence-electron chi connectivity index (χ0n) is 11.2. The summed E-state index contributed by atoms with van der Waals surface area (Å²) in [5.74, 6) is 0.949. The summed E-state index contributed by atoms with van der Waals surface area (Å²) in [6.45, 7) is -0.133. The van der Waals surface area contributed by atoms with Crippen LogP contribution in [-0.4, -0.2) is 29.7 Å². The molecule has 0 saturated carbocycles. The summed E-state index contributed by atoms with van der Waals surface area (Å²) < 4.78 is 10.4. The first-order chi connectivity index (χ1) is 10.2. The number of methoxy groups -OCH3 is 1. The zero-order valence-corrected chi connectivity index (χ0v) is 12.8. The van der Waals surface area contributed by atoms with E-state index < -0.39 is 0 Å². The van der Waals surface area contributed by atoms with Crippen LogP contribution in [0.5, 0.6) is 11.5 Å². The van der Waals surface area contributed by atoms with Gasteiger partial charge in [-0.05, 0) is 36.5 Å². The Balaban J connectivity index is 1.74. The molecule has 0 aliphatic carbocycles. The van der Waals surface area contributed by atoms with E-state index in [9.17, 15) is 4.79 Å². The Hall–Kier alpha value is -2.19. The summed E-state index contributed by atoms with van der Waals surface area (Å²) in [6, 6.07) is 6.94. The standard InChI is InChI=1S/C13H13N3O3S2/c1-18-9-2-4-10(5-3-9)19-8-11(17)15-12(20)16-13-14-6-7-21-13/h2-7H,8H2,1H3,(H2,14,15,16,17,20). The molecular formula is C13H13N3O3S2. The van der Waals surface area contributed by atoms with E-state index >= 15 is 0 Å². The first kappa shape index (κ1) is 15.2. The Bertz CT molecular complexity index is 600. The molecule has 0 spiro atoms. The maximum atomic E-state index is 11.7. The Morgan fingerprint density at radius 3 is 2.67 bits per heavy atom. The number of ether oxygens (including phenoxy) is 2. The van der Waals surface area contributed by atoms with Gasteiger partial charge < -0.3 is 14.8 Å². The monoisotopic (exact) mass is 323 g/mol. The van der Waals surface area contributed by atoms with Gasteiger partial charge in [0.25, 0.3) is 5.91 Å². The van der Waals surface area contributed by atoms with Gasteiger partial charge in [-0.15, -0.1) is 11.3 Å². The van der Waals surface area contributed by atoms with E-state index in [1.807, 2.05) is 0 Å². The second-order valence-electron chi connectivity index (χ2n) is 3.80. The van der Waals surface area contributed by atoms with Gasteiger partial charge in [0, 0.05) is 11.6 Å². The molecule has 1 amide bonds. The molecule has 0 radical (unpaired) electrons. The van der Waals surface area contributed by atoms with Gasteiger partial charge in [0.15, 0.2) is 16.9 Å². The molecule has 0 fully saturated rings. The molecule has 0 saturated heterocycles. The topological polar surface area (TPSA) is 72.5 Å². The van der Waals surface area contributed by atoms with Crippen molar-refractivity contribution < 1.29 is 14.3 Å². The number of amides is 1. The number of thiocarbonyl (C=S) groups is 1. The molecular weight excluding hydrogens is 310 g/mol. The lowest BCUT2D eigenvalue weighted by molar-refractivity contribution is -0.121. The Morgan fingerprint density at radius 1 is 1.33 bits per heavy atom. The third-order valence-corrected chi connectivity index (χ3v) is 3.23. The zero-order chi connectivity index (χ0) is 15.1. The van der Waals surface area contributed by atoms with Crippen LogP contribution in [0.4, 0.5) is 5.13 Å². The van der Waals surface area contributed by atoms with E-state index in [4.69, 9.17) is 21.7 Å². The predicted molar refractivity (Wildman–Crippen MR) is 85.0 cm³/mol. The van der Waals surface area contributed by atoms with Gasteiger partial charge in [0.1, 0.15) is 11.5 Å². The second-order valence-corrected chi connectivity index (χ2v) is 5.11. The average Bonchev–Trinajstić information content (AvgIpc) is 2.98. The molecule has 0 atom stereocenters. The van der Waals surface area contributed by atoms with Gasteiger partial charge in [0.05, 0.1) is 7.11 Å². The van der Waals surface area contributed by atoms with Crippen molar-refractivity contribution in [2.24, 2.45) is 0 Å². The van der Waals surface area contributed by atoms with Crippen LogP contribution >= 0.6 is 23.6 Å². The van der Waals surface area contributed by atoms with Crippen molar-refractivity contribution in [3.8, 4) is 11.5 Å². The maximum absolute atomic E-state index is 11.7. The minimum atomic E-state index is -0.347. The van der Waals surface area contributed by atoms with Crippen LogP contribution in [-0.2, 0) is 4.79 Å². The molecule has 2 N–H and O–H groups in total. The number of rotatable bonds is 5. The molecule has 2 rings (SSSR count). The molecule has 6 nitrogen and oxygen atoms in total. The fourth-order valence-electron chi connectivity index (χ4n) is 1.40. The van der Waals surface area contributed by atoms with Crippen molar-refractivity contribution in [3.05, 3.63) is 35.8 Å². The minimum absolute atomic E-state index is 0.133. The van der Waals surface area contributed by atoms with Crippen LogP contribution < -0.4 is 20.1 Å². The normalized spacial score (nSPS) is 9.76. The number of anilines is 1. The van der Waals surface area contributed by atoms with Crippen molar-refractivity contribution >= 4 is 39.7 Å². The van der Waals surface area contributed by atoms with Crippen LogP contribution in [0.25, 0.3) is 0 Å². The highest BCUT2D eigenvalue weighted by molar-refractivity contribution is 7.80. The fraction of sp³-hybridized carbons (Fsp3) is 0.154. The molecule has 0 bridgehead atoms. The Morgan fingerprint density at radius 2 is 2.05 bits per heavy atom. The van der Waals surface area contributed by atoms with E-state index in [2.05, 4.69) is 15.6 Å². The van der Waals surface area contributed by atoms with E-state index in [0.717, 1.165) is 5.75 Å². The number of nitrogens with zero attached hydrogens (tertiary/aromatic N) is 1. The van der Waals surface area contributed by atoms with Gasteiger partial charge in [-0.25, -0.2) is 4.98 Å². The Labute approximate surface area is 131 Å². The van der Waals surface area contributed by atoms with Crippen molar-refractivity contribution in [3.63, 3.8) is 0 Å². The number of hydrogen-bond donors (Lipinski definition) is 2. The van der Waals surface area contributed by atoms with E-state index in [-0.39, 0.29) is 17.6 Å². The highest BCUT2D eigenvalue weighted by Crippen LogP contribution is 2.16. The van der Waals surface area contributed by atoms with Gasteiger partial charge in [-0.1, -0.05) is 0 Å². The number of nitrogens with one attached hydrogen (secondary N) is 2. The van der Waals surface area contributed by atoms with Crippen molar-refractivity contribution in [1.82, 2.24) is 10.3 Å². The first-order valence-electron chi connectivity index (χ1n) is 5.94. The van der Waals surface area contributed by atoms with E-state index in [1.165, 1.54) is 11.3 Å². The van der Waals surface area contributed by atoms with Gasteiger partial charge >= 0.3 is 0 Å². The number of carbonyl (C=O) groups is 1. The number of thiazole rings is 1. The molecule has 1 heterocycles. The van der Waals surface area contributed by atoms with Gasteiger partial charge in [-0.3, -0.25) is 10.1 Å². The summed E-state index contributed by atoms with van der Waals surface area (Å²) in [6.07, 6.45) is 1.64. The molecule has 21 heavy (non-hydrogen) atoms. The summed E-state index contributed by atoms with van der Waals surface area (Å²) in [5.41, 5.74) is 0. The molecule has 0 aliphatic heterocycles. The fourth-order valence-corrected chi connectivity index (χ4v) is 2.21. The van der Waals surface area contributed by atoms with E-state index in [1.54, 1.807) is 43.0 Å². The SMILES string of the molecule is COc1ccc(OCC(=O)NC(=S)Nc2nccs2)cc1. The second kappa shape index (κ2) is 7.55. The van der Waals surface area contributed by atoms with Crippen molar-refractivity contribution in [1.29, 1.82) is 0 Å². The summed E-state index contributed by atoms with van der Waals surface area (Å²) in [7, 11) is 1.58. The smallest absolute Gasteiger partial charge is 0.264 e. The van der Waals surface area contributed by atoms with Crippen LogP contribution in [0.1, 0.15) is 0 Å². The number of benzene rings is 1. The molecule has 2 aromatic rings. The van der Waals surface area contributed by atoms with Crippen LogP contribution in [0.2, 0.25) is 0 Å². The van der Waals surface area contributed by atoms with Crippen molar-refractivity contribution in [2.75, 3.05) is 19.0 Å². The van der Waals surface area contributed by atoms with Crippen LogP contribution in [0, 0.1) is 0 Å². The lowest BCUT2D eigenvalue weighted by Crippen LogP contribution is -2.37. The summed E-state index contributed by atoms with van der Waals surface area (Å²) in [5, 5.41) is 7.93. The number of carbonyl (C=O) groups excluding carboxylic acids is 1. The summed E-state index contributed by atoms with van der Waals surface area (Å²) >= 11 is 6.38. The van der Waals surface area contributed by atoms with Gasteiger partial charge in [-0.2, -0.15) is 0 Å². The third kappa shape index (κ3) is 5.01. The predicted octanol–water partition coefficient (Wildman–Crippen LogP) is 2.04. The number of aromatic nitrogens is 1. The van der Waals surface area contributed by atoms with Crippen molar-refractivity contribution in [2.45, 2.75) is 0 Å². The lowest BCUT2D eigenvalue weighted by Gasteiger charge is -2.09. The molecule has 0 aliphatic rings. The average molecular weight is 323 g/mol. The molecule has 0 unspecified atom stereocenters. The highest BCUT2D eigenvalue weighted by atomic mass is 32.1. The molecule has 1 aromatic heterocycles. The van der Waals surface area contributed by atoms with Gasteiger partial charge in [0.2, 0.25) is 0 Å². The summed E-state index contributed by atoms with van der Waals surface area (Å²) in [4.78, 5) is 15.7. The lowest BCUT2D eigenvalue weighted by atomic mass is 10.3.